The molecule has 0 atom stereocenters. The molecule has 0 spiro atoms. The topological polar surface area (TPSA) is 0 Å². The van der Waals surface area contributed by atoms with Crippen LogP contribution in [0.2, 0.25) is 0 Å². The summed E-state index contributed by atoms with van der Waals surface area (Å²) in [7, 11) is 0. The van der Waals surface area contributed by atoms with Gasteiger partial charge < -0.3 is 0 Å². The highest BCUT2D eigenvalue weighted by Crippen LogP contribution is 2.43. The van der Waals surface area contributed by atoms with Gasteiger partial charge in [0.15, 0.2) is 0 Å². The summed E-state index contributed by atoms with van der Waals surface area (Å²) in [6, 6.07) is 29.5. The van der Waals surface area contributed by atoms with Crippen molar-refractivity contribution >= 4 is 64.6 Å². The molecule has 0 radical (unpaired) electrons. The van der Waals surface area contributed by atoms with E-state index in [1.54, 1.807) is 33.0 Å². The third-order valence-electron chi connectivity index (χ3n) is 19.7. The van der Waals surface area contributed by atoms with Crippen LogP contribution in [0, 0.1) is 27.7 Å². The first-order chi connectivity index (χ1) is 40.3. The predicted octanol–water partition coefficient (Wildman–Crippen LogP) is 27.5. The van der Waals surface area contributed by atoms with Crippen molar-refractivity contribution in [3.05, 3.63) is 117 Å². The van der Waals surface area contributed by atoms with Gasteiger partial charge in [0.1, 0.15) is 0 Å². The van der Waals surface area contributed by atoms with E-state index in [4.69, 9.17) is 0 Å². The van der Waals surface area contributed by atoms with Crippen LogP contribution in [0.3, 0.4) is 0 Å². The van der Waals surface area contributed by atoms with E-state index in [2.05, 4.69) is 128 Å². The van der Waals surface area contributed by atoms with Crippen molar-refractivity contribution in [3.8, 4) is 0 Å². The molecule has 82 heavy (non-hydrogen) atoms. The largest absolute Gasteiger partial charge is 0.0654 e. The predicted molar refractivity (Wildman–Crippen MR) is 372 cm³/mol. The minimum absolute atomic E-state index is 1.22. The molecule has 0 nitrogen and oxygen atoms in total. The second-order valence-electron chi connectivity index (χ2n) is 26.6. The van der Waals surface area contributed by atoms with Crippen molar-refractivity contribution < 1.29 is 0 Å². The molecule has 0 heteroatoms. The Labute approximate surface area is 504 Å². The van der Waals surface area contributed by atoms with Crippen molar-refractivity contribution in [1.29, 1.82) is 0 Å². The summed E-state index contributed by atoms with van der Waals surface area (Å²) in [6.07, 6.45) is 58.1. The van der Waals surface area contributed by atoms with Gasteiger partial charge in [-0.15, -0.1) is 0 Å². The summed E-state index contributed by atoms with van der Waals surface area (Å²) in [6.45, 7) is 18.6. The van der Waals surface area contributed by atoms with Crippen molar-refractivity contribution in [1.82, 2.24) is 0 Å². The van der Waals surface area contributed by atoms with Crippen molar-refractivity contribution in [3.63, 3.8) is 0 Å². The van der Waals surface area contributed by atoms with Gasteiger partial charge >= 0.3 is 0 Å². The number of rotatable bonds is 42. The molecule has 8 rings (SSSR count). The van der Waals surface area contributed by atoms with E-state index in [-0.39, 0.29) is 0 Å². The molecular weight excluding hydrogens is 985 g/mol. The molecule has 0 aliphatic rings. The van der Waals surface area contributed by atoms with Gasteiger partial charge in [0, 0.05) is 0 Å². The molecule has 8 aromatic rings. The summed E-state index contributed by atoms with van der Waals surface area (Å²) in [4.78, 5) is 0. The second-order valence-corrected chi connectivity index (χ2v) is 26.6. The molecule has 0 aromatic heterocycles. The van der Waals surface area contributed by atoms with Gasteiger partial charge in [-0.25, -0.2) is 0 Å². The van der Waals surface area contributed by atoms with Gasteiger partial charge in [-0.1, -0.05) is 319 Å². The first-order valence-corrected chi connectivity index (χ1v) is 35.7. The average Bonchev–Trinajstić information content (AvgIpc) is 1.23. The molecule has 8 aromatic carbocycles. The third-order valence-corrected chi connectivity index (χ3v) is 19.7. The normalized spacial score (nSPS) is 12.0. The highest BCUT2D eigenvalue weighted by molar-refractivity contribution is 6.26. The minimum Gasteiger partial charge on any atom is -0.0654 e. The fourth-order valence-corrected chi connectivity index (χ4v) is 14.7. The van der Waals surface area contributed by atoms with E-state index in [0.717, 1.165) is 0 Å². The van der Waals surface area contributed by atoms with Gasteiger partial charge in [0.25, 0.3) is 0 Å². The van der Waals surface area contributed by atoms with Crippen LogP contribution in [0.15, 0.2) is 72.8 Å². The number of aryl methyl sites for hydroxylation is 8. The zero-order valence-electron chi connectivity index (χ0n) is 54.6. The smallest absolute Gasteiger partial charge is 0.00212 e. The lowest BCUT2D eigenvalue weighted by atomic mass is 9.85. The van der Waals surface area contributed by atoms with E-state index in [1.165, 1.54) is 346 Å². The zero-order chi connectivity index (χ0) is 57.7. The van der Waals surface area contributed by atoms with Gasteiger partial charge in [-0.2, -0.15) is 0 Å². The Hall–Kier alpha value is -4.16. The van der Waals surface area contributed by atoms with Crippen LogP contribution in [0.25, 0.3) is 64.6 Å². The summed E-state index contributed by atoms with van der Waals surface area (Å²) in [5.41, 5.74) is 12.1. The van der Waals surface area contributed by atoms with E-state index in [1.807, 2.05) is 0 Å². The molecular formula is C82H120. The van der Waals surface area contributed by atoms with Crippen molar-refractivity contribution in [2.45, 2.75) is 325 Å². The summed E-state index contributed by atoms with van der Waals surface area (Å²) in [5.74, 6) is 0. The summed E-state index contributed by atoms with van der Waals surface area (Å²) in [5, 5.41) is 18.1. The van der Waals surface area contributed by atoms with Crippen LogP contribution in [-0.4, -0.2) is 0 Å². The first-order valence-electron chi connectivity index (χ1n) is 35.7. The highest BCUT2D eigenvalue weighted by atomic mass is 14.2. The van der Waals surface area contributed by atoms with Crippen LogP contribution in [-0.2, 0) is 25.7 Å². The van der Waals surface area contributed by atoms with Gasteiger partial charge in [0.2, 0.25) is 0 Å². The number of hydrogen-bond acceptors (Lipinski definition) is 0. The standard InChI is InChI=1S/C42H62.C40H58/c1-5-7-9-11-13-15-17-19-21-23-25-35-31-33(3)37-27-28-38-34(4)32-36(40-30-29-39(35)41(37)42(38)40)26-24-22-20-18-16-14-12-10-8-6-2;1-5-7-9-11-13-15-16-18-20-22-24-34-30-32(4)36-26-25-35-31(3)29-33(23-21-19-17-14-12-10-8-6-2)37-27-28-38(34)40(36)39(35)37/h27-32H,5-26H2,1-4H3;25-30H,5-24H2,1-4H3. The lowest BCUT2D eigenvalue weighted by Crippen LogP contribution is -1.97. The Morgan fingerprint density at radius 2 is 0.329 bits per heavy atom. The van der Waals surface area contributed by atoms with Gasteiger partial charge in [-0.3, -0.25) is 0 Å². The maximum atomic E-state index is 2.51. The van der Waals surface area contributed by atoms with Gasteiger partial charge in [0.05, 0.1) is 0 Å². The SMILES string of the molecule is CCCCCCCCCCCCc1cc(C)c2ccc3c(C)cc(CCCCCCCCCC)c4ccc1c2c34.CCCCCCCCCCCCc1cc(C)c2ccc3c(C)cc(CCCCCCCCCCCC)c4ccc1c2c34. The first kappa shape index (κ1) is 65.4. The monoisotopic (exact) mass is 1100 g/mol. The lowest BCUT2D eigenvalue weighted by molar-refractivity contribution is 0.556. The Morgan fingerprint density at radius 1 is 0.183 bits per heavy atom. The Bertz CT molecular complexity index is 2930. The molecule has 0 aliphatic heterocycles. The molecule has 0 bridgehead atoms. The fraction of sp³-hybridized carbons (Fsp3) is 0.610. The molecule has 0 heterocycles. The lowest BCUT2D eigenvalue weighted by Gasteiger charge is -2.19. The maximum Gasteiger partial charge on any atom is -0.00212 e. The van der Waals surface area contributed by atoms with Crippen LogP contribution >= 0.6 is 0 Å². The van der Waals surface area contributed by atoms with Crippen molar-refractivity contribution in [2.75, 3.05) is 0 Å². The van der Waals surface area contributed by atoms with Crippen LogP contribution < -0.4 is 0 Å². The van der Waals surface area contributed by atoms with Crippen LogP contribution in [0.1, 0.15) is 316 Å². The van der Waals surface area contributed by atoms with Gasteiger partial charge in [-0.05, 0) is 188 Å². The number of unbranched alkanes of at least 4 members (excludes halogenated alkanes) is 34. The molecule has 0 fully saturated rings. The Balaban J connectivity index is 0.000000236. The molecule has 0 N–H and O–H groups in total. The van der Waals surface area contributed by atoms with Crippen LogP contribution in [0.4, 0.5) is 0 Å². The molecule has 0 unspecified atom stereocenters. The highest BCUT2D eigenvalue weighted by Gasteiger charge is 2.19. The Kier molecular flexibility index (Phi) is 29.2. The van der Waals surface area contributed by atoms with Crippen LogP contribution in [0.5, 0.6) is 0 Å². The molecule has 0 saturated carbocycles. The second kappa shape index (κ2) is 36.6. The zero-order valence-corrected chi connectivity index (χ0v) is 54.6. The summed E-state index contributed by atoms with van der Waals surface area (Å²) < 4.78 is 0. The molecule has 448 valence electrons. The maximum absolute atomic E-state index is 2.51. The van der Waals surface area contributed by atoms with E-state index in [9.17, 15) is 0 Å². The van der Waals surface area contributed by atoms with E-state index in [0.29, 0.717) is 0 Å². The Morgan fingerprint density at radius 3 is 0.500 bits per heavy atom. The average molecular weight is 1110 g/mol. The fourth-order valence-electron chi connectivity index (χ4n) is 14.7. The minimum atomic E-state index is 1.22. The number of hydrogen-bond donors (Lipinski definition) is 0. The summed E-state index contributed by atoms with van der Waals surface area (Å²) >= 11 is 0. The molecule has 0 amide bonds. The molecule has 0 aliphatic carbocycles. The van der Waals surface area contributed by atoms with E-state index < -0.39 is 0 Å². The van der Waals surface area contributed by atoms with E-state index >= 15 is 0 Å². The number of benzene rings is 8. The van der Waals surface area contributed by atoms with Crippen molar-refractivity contribution in [2.24, 2.45) is 0 Å². The quantitative estimate of drug-likeness (QED) is 0.0264. The third kappa shape index (κ3) is 18.9. The molecule has 0 saturated heterocycles.